The summed E-state index contributed by atoms with van der Waals surface area (Å²) >= 11 is 0. The summed E-state index contributed by atoms with van der Waals surface area (Å²) in [7, 11) is 0. The van der Waals surface area contributed by atoms with E-state index in [1.807, 2.05) is 0 Å². The lowest BCUT2D eigenvalue weighted by Crippen LogP contribution is -2.44. The highest BCUT2D eigenvalue weighted by Crippen LogP contribution is 2.31. The molecule has 2 heteroatoms. The van der Waals surface area contributed by atoms with Gasteiger partial charge >= 0.3 is 0 Å². The van der Waals surface area contributed by atoms with Gasteiger partial charge in [0.05, 0.1) is 5.60 Å². The highest BCUT2D eigenvalue weighted by molar-refractivity contribution is 5.20. The van der Waals surface area contributed by atoms with Crippen LogP contribution in [0.1, 0.15) is 57.9 Å². The number of hydrogen-bond acceptors (Lipinski definition) is 2. The average Bonchev–Trinajstić information content (AvgIpc) is 2.48. The molecule has 2 N–H and O–H groups in total. The third-order valence-electron chi connectivity index (χ3n) is 5.06. The van der Waals surface area contributed by atoms with Gasteiger partial charge in [0.2, 0.25) is 0 Å². The van der Waals surface area contributed by atoms with Crippen molar-refractivity contribution in [2.75, 3.05) is 13.1 Å². The molecule has 1 unspecified atom stereocenters. The van der Waals surface area contributed by atoms with Gasteiger partial charge in [-0.25, -0.2) is 0 Å². The van der Waals surface area contributed by atoms with Crippen molar-refractivity contribution in [3.63, 3.8) is 0 Å². The van der Waals surface area contributed by atoms with E-state index in [4.69, 9.17) is 0 Å². The van der Waals surface area contributed by atoms with Crippen molar-refractivity contribution in [3.8, 4) is 0 Å². The number of benzene rings is 1. The SMILES string of the molecule is CC1CCC(O)(CNCC(c2ccccc2)C(C)C)CC1. The van der Waals surface area contributed by atoms with Gasteiger partial charge in [-0.05, 0) is 49.0 Å². The van der Waals surface area contributed by atoms with E-state index in [0.717, 1.165) is 44.7 Å². The molecule has 0 radical (unpaired) electrons. The van der Waals surface area contributed by atoms with Crippen molar-refractivity contribution >= 4 is 0 Å². The molecule has 1 saturated carbocycles. The minimum Gasteiger partial charge on any atom is -0.389 e. The Balaban J connectivity index is 1.85. The van der Waals surface area contributed by atoms with Crippen LogP contribution in [0.2, 0.25) is 0 Å². The maximum atomic E-state index is 10.6. The van der Waals surface area contributed by atoms with Gasteiger partial charge < -0.3 is 10.4 Å². The van der Waals surface area contributed by atoms with Crippen LogP contribution in [0.25, 0.3) is 0 Å². The van der Waals surface area contributed by atoms with E-state index in [2.05, 4.69) is 56.4 Å². The third-order valence-corrected chi connectivity index (χ3v) is 5.06. The normalized spacial score (nSPS) is 27.8. The predicted molar refractivity (Wildman–Crippen MR) is 89.5 cm³/mol. The lowest BCUT2D eigenvalue weighted by molar-refractivity contribution is -0.00637. The molecule has 0 saturated heterocycles. The van der Waals surface area contributed by atoms with Crippen molar-refractivity contribution < 1.29 is 5.11 Å². The zero-order valence-corrected chi connectivity index (χ0v) is 13.8. The minimum atomic E-state index is -0.481. The van der Waals surface area contributed by atoms with E-state index in [-0.39, 0.29) is 0 Å². The number of aliphatic hydroxyl groups is 1. The van der Waals surface area contributed by atoms with E-state index < -0.39 is 5.60 Å². The number of nitrogens with one attached hydrogen (secondary N) is 1. The van der Waals surface area contributed by atoms with Crippen LogP contribution >= 0.6 is 0 Å². The van der Waals surface area contributed by atoms with Crippen molar-refractivity contribution in [2.45, 2.75) is 58.0 Å². The van der Waals surface area contributed by atoms with Crippen molar-refractivity contribution in [1.82, 2.24) is 5.32 Å². The van der Waals surface area contributed by atoms with E-state index >= 15 is 0 Å². The van der Waals surface area contributed by atoms with Gasteiger partial charge in [0.25, 0.3) is 0 Å². The lowest BCUT2D eigenvalue weighted by Gasteiger charge is -2.35. The van der Waals surface area contributed by atoms with E-state index in [1.54, 1.807) is 0 Å². The quantitative estimate of drug-likeness (QED) is 0.831. The first-order chi connectivity index (χ1) is 10.0. The first kappa shape index (κ1) is 16.5. The van der Waals surface area contributed by atoms with Crippen LogP contribution in [0, 0.1) is 11.8 Å². The highest BCUT2D eigenvalue weighted by Gasteiger charge is 2.31. The second kappa shape index (κ2) is 7.42. The van der Waals surface area contributed by atoms with Crippen molar-refractivity contribution in [2.24, 2.45) is 11.8 Å². The van der Waals surface area contributed by atoms with Crippen molar-refractivity contribution in [3.05, 3.63) is 35.9 Å². The van der Waals surface area contributed by atoms with Crippen LogP contribution in [0.5, 0.6) is 0 Å². The number of rotatable bonds is 6. The molecular formula is C19H31NO. The molecule has 0 amide bonds. The Morgan fingerprint density at radius 3 is 2.38 bits per heavy atom. The van der Waals surface area contributed by atoms with E-state index in [1.165, 1.54) is 5.56 Å². The second-order valence-electron chi connectivity index (χ2n) is 7.30. The standard InChI is InChI=1S/C19H31NO/c1-15(2)18(17-7-5-4-6-8-17)13-20-14-19(21)11-9-16(3)10-12-19/h4-8,15-16,18,20-21H,9-14H2,1-3H3. The molecule has 0 spiro atoms. The lowest BCUT2D eigenvalue weighted by atomic mass is 9.79. The summed E-state index contributed by atoms with van der Waals surface area (Å²) in [6.07, 6.45) is 4.20. The molecule has 118 valence electrons. The summed E-state index contributed by atoms with van der Waals surface area (Å²) in [5, 5.41) is 14.2. The van der Waals surface area contributed by atoms with Crippen LogP contribution < -0.4 is 5.32 Å². The molecule has 1 aromatic carbocycles. The van der Waals surface area contributed by atoms with Gasteiger partial charge in [0.15, 0.2) is 0 Å². The van der Waals surface area contributed by atoms with Crippen LogP contribution in [-0.2, 0) is 0 Å². The molecule has 1 atom stereocenters. The molecule has 0 aliphatic heterocycles. The first-order valence-electron chi connectivity index (χ1n) is 8.48. The Morgan fingerprint density at radius 2 is 1.81 bits per heavy atom. The smallest absolute Gasteiger partial charge is 0.0771 e. The summed E-state index contributed by atoms with van der Waals surface area (Å²) < 4.78 is 0. The highest BCUT2D eigenvalue weighted by atomic mass is 16.3. The van der Waals surface area contributed by atoms with Gasteiger partial charge in [-0.3, -0.25) is 0 Å². The molecule has 1 aromatic rings. The zero-order chi connectivity index (χ0) is 15.3. The zero-order valence-electron chi connectivity index (χ0n) is 13.8. The topological polar surface area (TPSA) is 32.3 Å². The van der Waals surface area contributed by atoms with Gasteiger partial charge in [-0.2, -0.15) is 0 Å². The second-order valence-corrected chi connectivity index (χ2v) is 7.30. The van der Waals surface area contributed by atoms with Gasteiger partial charge in [0, 0.05) is 13.1 Å². The predicted octanol–water partition coefficient (Wildman–Crippen LogP) is 3.96. The molecule has 1 aliphatic rings. The Bertz CT molecular complexity index is 407. The maximum absolute atomic E-state index is 10.6. The van der Waals surface area contributed by atoms with Crippen LogP contribution in [-0.4, -0.2) is 23.8 Å². The molecule has 1 aliphatic carbocycles. The Morgan fingerprint density at radius 1 is 1.19 bits per heavy atom. The van der Waals surface area contributed by atoms with Gasteiger partial charge in [0.1, 0.15) is 0 Å². The summed E-state index contributed by atoms with van der Waals surface area (Å²) in [5.41, 5.74) is 0.911. The van der Waals surface area contributed by atoms with Crippen molar-refractivity contribution in [1.29, 1.82) is 0 Å². The van der Waals surface area contributed by atoms with Gasteiger partial charge in [-0.15, -0.1) is 0 Å². The fourth-order valence-electron chi connectivity index (χ4n) is 3.38. The molecule has 0 bridgehead atoms. The molecular weight excluding hydrogens is 258 g/mol. The fourth-order valence-corrected chi connectivity index (χ4v) is 3.38. The molecule has 1 fully saturated rings. The largest absolute Gasteiger partial charge is 0.389 e. The Kier molecular flexibility index (Phi) is 5.83. The monoisotopic (exact) mass is 289 g/mol. The maximum Gasteiger partial charge on any atom is 0.0771 e. The average molecular weight is 289 g/mol. The van der Waals surface area contributed by atoms with E-state index in [0.29, 0.717) is 11.8 Å². The van der Waals surface area contributed by atoms with Gasteiger partial charge in [-0.1, -0.05) is 51.1 Å². The van der Waals surface area contributed by atoms with Crippen LogP contribution in [0.3, 0.4) is 0 Å². The fraction of sp³-hybridized carbons (Fsp3) is 0.684. The van der Waals surface area contributed by atoms with E-state index in [9.17, 15) is 5.11 Å². The minimum absolute atomic E-state index is 0.481. The van der Waals surface area contributed by atoms with Crippen LogP contribution in [0.15, 0.2) is 30.3 Å². The summed E-state index contributed by atoms with van der Waals surface area (Å²) in [5.74, 6) is 1.89. The Labute approximate surface area is 130 Å². The summed E-state index contributed by atoms with van der Waals surface area (Å²) in [6, 6.07) is 10.7. The molecule has 0 heterocycles. The summed E-state index contributed by atoms with van der Waals surface area (Å²) in [4.78, 5) is 0. The first-order valence-corrected chi connectivity index (χ1v) is 8.48. The summed E-state index contributed by atoms with van der Waals surface area (Å²) in [6.45, 7) is 8.51. The molecule has 21 heavy (non-hydrogen) atoms. The Hall–Kier alpha value is -0.860. The molecule has 0 aromatic heterocycles. The van der Waals surface area contributed by atoms with Crippen LogP contribution in [0.4, 0.5) is 0 Å². The third kappa shape index (κ3) is 4.82. The molecule has 2 nitrogen and oxygen atoms in total. The molecule has 2 rings (SSSR count). The number of hydrogen-bond donors (Lipinski definition) is 2.